The van der Waals surface area contributed by atoms with Crippen molar-refractivity contribution in [3.8, 4) is 0 Å². The molecule has 0 fully saturated rings. The predicted molar refractivity (Wildman–Crippen MR) is 63.3 cm³/mol. The van der Waals surface area contributed by atoms with E-state index in [1.165, 1.54) is 0 Å². The third-order valence-electron chi connectivity index (χ3n) is 1.75. The molecule has 0 aromatic rings. The number of carboxylic acids is 1. The van der Waals surface area contributed by atoms with Crippen molar-refractivity contribution >= 4 is 29.5 Å². The number of halogens is 1. The minimum atomic E-state index is -2.46. The maximum absolute atomic E-state index is 11.7. The van der Waals surface area contributed by atoms with Crippen LogP contribution in [0.3, 0.4) is 0 Å². The molecule has 7 heteroatoms. The van der Waals surface area contributed by atoms with Crippen LogP contribution in [0.25, 0.3) is 0 Å². The normalized spacial score (nSPS) is 14.5. The molecule has 0 aromatic heterocycles. The summed E-state index contributed by atoms with van der Waals surface area (Å²) < 4.78 is 9.46. The molecule has 1 unspecified atom stereocenters. The molecule has 0 bridgehead atoms. The van der Waals surface area contributed by atoms with Gasteiger partial charge in [0.1, 0.15) is 5.60 Å². The quantitative estimate of drug-likeness (QED) is 0.464. The summed E-state index contributed by atoms with van der Waals surface area (Å²) >= 11 is 5.69. The number of carbonyl (C=O) groups excluding carboxylic acids is 2. The van der Waals surface area contributed by atoms with E-state index in [4.69, 9.17) is 21.4 Å². The summed E-state index contributed by atoms with van der Waals surface area (Å²) in [6, 6.07) is 0. The first-order valence-corrected chi connectivity index (χ1v) is 5.72. The number of carboxylic acid groups (broad SMARTS) is 1. The van der Waals surface area contributed by atoms with E-state index in [0.717, 1.165) is 0 Å². The molecule has 0 rings (SSSR count). The van der Waals surface area contributed by atoms with Crippen LogP contribution in [-0.2, 0) is 23.9 Å². The van der Waals surface area contributed by atoms with Crippen LogP contribution in [-0.4, -0.2) is 40.1 Å². The van der Waals surface area contributed by atoms with Crippen molar-refractivity contribution < 1.29 is 29.0 Å². The highest BCUT2D eigenvalue weighted by Gasteiger charge is 2.49. The van der Waals surface area contributed by atoms with Crippen molar-refractivity contribution in [2.24, 2.45) is 0 Å². The number of alkyl halides is 1. The van der Waals surface area contributed by atoms with Crippen LogP contribution in [0.5, 0.6) is 0 Å². The molecule has 0 heterocycles. The number of hydrogen-bond donors (Lipinski definition) is 1. The fourth-order valence-electron chi connectivity index (χ4n) is 1.00. The van der Waals surface area contributed by atoms with Crippen LogP contribution in [0.15, 0.2) is 0 Å². The first-order valence-electron chi connectivity index (χ1n) is 5.34. The van der Waals surface area contributed by atoms with Crippen molar-refractivity contribution in [2.75, 3.05) is 6.61 Å². The number of rotatable bonds is 5. The van der Waals surface area contributed by atoms with Crippen molar-refractivity contribution in [1.29, 1.82) is 0 Å². The minimum absolute atomic E-state index is 0.0692. The number of hydrogen-bond acceptors (Lipinski definition) is 5. The van der Waals surface area contributed by atoms with Gasteiger partial charge in [0.2, 0.25) is 4.87 Å². The van der Waals surface area contributed by atoms with Crippen molar-refractivity contribution in [3.05, 3.63) is 0 Å². The Kier molecular flexibility index (Phi) is 5.60. The van der Waals surface area contributed by atoms with E-state index >= 15 is 0 Å². The lowest BCUT2D eigenvalue weighted by molar-refractivity contribution is -0.168. The lowest BCUT2D eigenvalue weighted by Gasteiger charge is -2.26. The lowest BCUT2D eigenvalue weighted by atomic mass is 10.0. The summed E-state index contributed by atoms with van der Waals surface area (Å²) in [6.45, 7) is 6.32. The van der Waals surface area contributed by atoms with E-state index in [1.807, 2.05) is 0 Å². The molecular formula is C11H17ClO6. The highest BCUT2D eigenvalue weighted by atomic mass is 35.5. The van der Waals surface area contributed by atoms with Crippen LogP contribution >= 0.6 is 11.6 Å². The molecule has 0 amide bonds. The third kappa shape index (κ3) is 4.91. The Hall–Kier alpha value is -1.30. The van der Waals surface area contributed by atoms with Crippen molar-refractivity contribution in [1.82, 2.24) is 0 Å². The molecule has 0 aliphatic carbocycles. The topological polar surface area (TPSA) is 89.9 Å². The number of esters is 2. The van der Waals surface area contributed by atoms with Gasteiger partial charge in [-0.2, -0.15) is 0 Å². The second-order valence-corrected chi connectivity index (χ2v) is 5.24. The SMILES string of the molecule is CCOC(=O)CC(Cl)(C(=O)O)C(=O)OC(C)(C)C. The lowest BCUT2D eigenvalue weighted by Crippen LogP contribution is -2.47. The van der Waals surface area contributed by atoms with E-state index in [9.17, 15) is 14.4 Å². The van der Waals surface area contributed by atoms with Gasteiger partial charge in [-0.05, 0) is 27.7 Å². The second kappa shape index (κ2) is 6.04. The zero-order chi connectivity index (χ0) is 14.6. The van der Waals surface area contributed by atoms with Gasteiger partial charge in [0.05, 0.1) is 13.0 Å². The fraction of sp³-hybridized carbons (Fsp3) is 0.727. The molecule has 0 aromatic carbocycles. The Morgan fingerprint density at radius 3 is 2.06 bits per heavy atom. The van der Waals surface area contributed by atoms with Crippen LogP contribution in [0.1, 0.15) is 34.1 Å². The summed E-state index contributed by atoms with van der Waals surface area (Å²) in [5, 5.41) is 8.98. The smallest absolute Gasteiger partial charge is 0.340 e. The van der Waals surface area contributed by atoms with Gasteiger partial charge < -0.3 is 14.6 Å². The predicted octanol–water partition coefficient (Wildman–Crippen LogP) is 1.34. The largest absolute Gasteiger partial charge is 0.479 e. The van der Waals surface area contributed by atoms with Gasteiger partial charge in [-0.1, -0.05) is 11.6 Å². The van der Waals surface area contributed by atoms with Crippen LogP contribution < -0.4 is 0 Å². The summed E-state index contributed by atoms with van der Waals surface area (Å²) in [5.41, 5.74) is -0.901. The van der Waals surface area contributed by atoms with Crippen molar-refractivity contribution in [2.45, 2.75) is 44.6 Å². The molecule has 0 radical (unpaired) electrons. The average molecular weight is 281 g/mol. The summed E-state index contributed by atoms with van der Waals surface area (Å²) in [4.78, 5) is 31.6. The Morgan fingerprint density at radius 2 is 1.72 bits per heavy atom. The zero-order valence-electron chi connectivity index (χ0n) is 10.8. The van der Waals surface area contributed by atoms with E-state index in [0.29, 0.717) is 0 Å². The van der Waals surface area contributed by atoms with Gasteiger partial charge in [0.15, 0.2) is 0 Å². The third-order valence-corrected chi connectivity index (χ3v) is 2.20. The Bertz CT molecular complexity index is 346. The zero-order valence-corrected chi connectivity index (χ0v) is 11.5. The average Bonchev–Trinajstić information content (AvgIpc) is 2.14. The van der Waals surface area contributed by atoms with Gasteiger partial charge in [-0.15, -0.1) is 0 Å². The molecule has 0 aliphatic heterocycles. The van der Waals surface area contributed by atoms with E-state index in [2.05, 4.69) is 4.74 Å². The van der Waals surface area contributed by atoms with E-state index in [-0.39, 0.29) is 6.61 Å². The number of aliphatic carboxylic acids is 1. The second-order valence-electron chi connectivity index (χ2n) is 4.59. The highest BCUT2D eigenvalue weighted by Crippen LogP contribution is 2.26. The molecule has 104 valence electrons. The molecule has 0 saturated carbocycles. The molecule has 1 atom stereocenters. The maximum Gasteiger partial charge on any atom is 0.340 e. The Labute approximate surface area is 110 Å². The standard InChI is InChI=1S/C11H17ClO6/c1-5-17-7(13)6-11(12,8(14)15)9(16)18-10(2,3)4/h5-6H2,1-4H3,(H,14,15). The van der Waals surface area contributed by atoms with Gasteiger partial charge in [-0.25, -0.2) is 9.59 Å². The molecule has 6 nitrogen and oxygen atoms in total. The Morgan fingerprint density at radius 1 is 1.22 bits per heavy atom. The summed E-state index contributed by atoms with van der Waals surface area (Å²) in [6.07, 6.45) is -0.785. The van der Waals surface area contributed by atoms with Gasteiger partial charge in [-0.3, -0.25) is 4.79 Å². The molecule has 1 N–H and O–H groups in total. The van der Waals surface area contributed by atoms with E-state index < -0.39 is 34.8 Å². The molecule has 18 heavy (non-hydrogen) atoms. The van der Waals surface area contributed by atoms with Crippen LogP contribution in [0, 0.1) is 0 Å². The fourth-order valence-corrected chi connectivity index (χ4v) is 1.15. The highest BCUT2D eigenvalue weighted by molar-refractivity contribution is 6.45. The molecule has 0 spiro atoms. The van der Waals surface area contributed by atoms with Gasteiger partial charge in [0.25, 0.3) is 0 Å². The first kappa shape index (κ1) is 16.7. The molecular weight excluding hydrogens is 264 g/mol. The summed E-state index contributed by atoms with van der Waals surface area (Å²) in [7, 11) is 0. The van der Waals surface area contributed by atoms with E-state index in [1.54, 1.807) is 27.7 Å². The van der Waals surface area contributed by atoms with Gasteiger partial charge >= 0.3 is 17.9 Å². The number of carbonyl (C=O) groups is 3. The van der Waals surface area contributed by atoms with Gasteiger partial charge in [0, 0.05) is 0 Å². The minimum Gasteiger partial charge on any atom is -0.479 e. The van der Waals surface area contributed by atoms with Crippen molar-refractivity contribution in [3.63, 3.8) is 0 Å². The van der Waals surface area contributed by atoms with Crippen LogP contribution in [0.2, 0.25) is 0 Å². The number of ether oxygens (including phenoxy) is 2. The summed E-state index contributed by atoms with van der Waals surface area (Å²) in [5.74, 6) is -3.70. The monoisotopic (exact) mass is 280 g/mol. The molecule has 0 saturated heterocycles. The molecule has 0 aliphatic rings. The van der Waals surface area contributed by atoms with Crippen LogP contribution in [0.4, 0.5) is 0 Å². The Balaban J connectivity index is 4.98. The first-order chi connectivity index (χ1) is 8.03. The maximum atomic E-state index is 11.7.